The average Bonchev–Trinajstić information content (AvgIpc) is 2.56. The number of benzene rings is 1. The summed E-state index contributed by atoms with van der Waals surface area (Å²) in [5, 5.41) is 0. The standard InChI is InChI=1S/C18H25NO4/c1-5-16(20)22-17(6-2)23-19-18(21)15(13(3)4)12-14-10-8-7-9-11-14/h7-11,17H,5-6,12H2,1-4H3,(H,19,21). The Morgan fingerprint density at radius 2 is 1.78 bits per heavy atom. The topological polar surface area (TPSA) is 64.6 Å². The monoisotopic (exact) mass is 319 g/mol. The van der Waals surface area contributed by atoms with E-state index >= 15 is 0 Å². The Morgan fingerprint density at radius 1 is 1.13 bits per heavy atom. The van der Waals surface area contributed by atoms with Gasteiger partial charge in [-0.05, 0) is 19.4 Å². The number of amides is 1. The molecule has 0 saturated carbocycles. The van der Waals surface area contributed by atoms with Gasteiger partial charge in [-0.15, -0.1) is 0 Å². The maximum atomic E-state index is 12.3. The number of ether oxygens (including phenoxy) is 1. The summed E-state index contributed by atoms with van der Waals surface area (Å²) in [6.45, 7) is 7.28. The summed E-state index contributed by atoms with van der Waals surface area (Å²) in [5.74, 6) is -0.683. The Morgan fingerprint density at radius 3 is 2.30 bits per heavy atom. The first kappa shape index (κ1) is 18.9. The lowest BCUT2D eigenvalue weighted by Gasteiger charge is -2.17. The molecule has 1 aromatic carbocycles. The van der Waals surface area contributed by atoms with Crippen molar-refractivity contribution in [1.29, 1.82) is 0 Å². The Hall–Kier alpha value is -2.14. The van der Waals surface area contributed by atoms with E-state index in [9.17, 15) is 9.59 Å². The summed E-state index contributed by atoms with van der Waals surface area (Å²) in [5.41, 5.74) is 4.98. The van der Waals surface area contributed by atoms with Gasteiger partial charge in [0.25, 0.3) is 5.91 Å². The zero-order valence-corrected chi connectivity index (χ0v) is 14.2. The predicted molar refractivity (Wildman–Crippen MR) is 88.2 cm³/mol. The van der Waals surface area contributed by atoms with E-state index < -0.39 is 6.29 Å². The molecule has 5 nitrogen and oxygen atoms in total. The van der Waals surface area contributed by atoms with E-state index in [2.05, 4.69) is 5.48 Å². The summed E-state index contributed by atoms with van der Waals surface area (Å²) in [4.78, 5) is 28.8. The molecule has 1 aromatic rings. The van der Waals surface area contributed by atoms with Crippen molar-refractivity contribution in [3.8, 4) is 0 Å². The van der Waals surface area contributed by atoms with Crippen LogP contribution >= 0.6 is 0 Å². The highest BCUT2D eigenvalue weighted by Gasteiger charge is 2.16. The predicted octanol–water partition coefficient (Wildman–Crippen LogP) is 3.30. The summed E-state index contributed by atoms with van der Waals surface area (Å²) >= 11 is 0. The molecule has 5 heteroatoms. The molecule has 0 saturated heterocycles. The van der Waals surface area contributed by atoms with Crippen LogP contribution in [0.15, 0.2) is 41.5 Å². The van der Waals surface area contributed by atoms with E-state index in [1.165, 1.54) is 0 Å². The molecule has 0 aliphatic heterocycles. The van der Waals surface area contributed by atoms with Gasteiger partial charge < -0.3 is 4.74 Å². The first-order chi connectivity index (χ1) is 11.0. The number of carbonyl (C=O) groups excluding carboxylic acids is 2. The largest absolute Gasteiger partial charge is 0.434 e. The summed E-state index contributed by atoms with van der Waals surface area (Å²) in [7, 11) is 0. The van der Waals surface area contributed by atoms with Crippen molar-refractivity contribution in [2.75, 3.05) is 0 Å². The van der Waals surface area contributed by atoms with Crippen LogP contribution in [-0.2, 0) is 25.6 Å². The number of allylic oxidation sites excluding steroid dienone is 1. The Kier molecular flexibility index (Phi) is 8.05. The minimum atomic E-state index is -0.776. The molecular weight excluding hydrogens is 294 g/mol. The van der Waals surface area contributed by atoms with Crippen LogP contribution in [0.3, 0.4) is 0 Å². The summed E-state index contributed by atoms with van der Waals surface area (Å²) < 4.78 is 5.07. The molecule has 23 heavy (non-hydrogen) atoms. The SMILES string of the molecule is CCC(=O)OC(CC)ONC(=O)C(Cc1ccccc1)=C(C)C. The van der Waals surface area contributed by atoms with Crippen molar-refractivity contribution in [3.05, 3.63) is 47.0 Å². The Balaban J connectivity index is 2.65. The number of rotatable bonds is 8. The van der Waals surface area contributed by atoms with Crippen LogP contribution < -0.4 is 5.48 Å². The number of hydrogen-bond donors (Lipinski definition) is 1. The van der Waals surface area contributed by atoms with Crippen molar-refractivity contribution in [2.45, 2.75) is 53.2 Å². The number of carbonyl (C=O) groups is 2. The lowest BCUT2D eigenvalue weighted by atomic mass is 10.0. The summed E-state index contributed by atoms with van der Waals surface area (Å²) in [6.07, 6.45) is 0.460. The highest BCUT2D eigenvalue weighted by molar-refractivity contribution is 5.93. The van der Waals surface area contributed by atoms with E-state index in [1.807, 2.05) is 51.1 Å². The third-order valence-corrected chi connectivity index (χ3v) is 3.27. The van der Waals surface area contributed by atoms with E-state index in [1.54, 1.807) is 6.92 Å². The first-order valence-electron chi connectivity index (χ1n) is 7.83. The first-order valence-corrected chi connectivity index (χ1v) is 7.83. The molecule has 1 amide bonds. The van der Waals surface area contributed by atoms with Gasteiger partial charge in [-0.3, -0.25) is 9.59 Å². The van der Waals surface area contributed by atoms with E-state index in [0.29, 0.717) is 18.4 Å². The van der Waals surface area contributed by atoms with Gasteiger partial charge >= 0.3 is 5.97 Å². The summed E-state index contributed by atoms with van der Waals surface area (Å²) in [6, 6.07) is 9.74. The Bertz CT molecular complexity index is 547. The van der Waals surface area contributed by atoms with Gasteiger partial charge in [0, 0.05) is 24.8 Å². The second-order valence-corrected chi connectivity index (χ2v) is 5.37. The highest BCUT2D eigenvalue weighted by atomic mass is 16.8. The van der Waals surface area contributed by atoms with Gasteiger partial charge in [-0.2, -0.15) is 0 Å². The number of nitrogens with one attached hydrogen (secondary N) is 1. The number of hydrogen-bond acceptors (Lipinski definition) is 4. The van der Waals surface area contributed by atoms with E-state index in [4.69, 9.17) is 9.57 Å². The zero-order valence-electron chi connectivity index (χ0n) is 14.2. The molecule has 0 aliphatic carbocycles. The third-order valence-electron chi connectivity index (χ3n) is 3.27. The number of esters is 1. The fourth-order valence-electron chi connectivity index (χ4n) is 1.89. The van der Waals surface area contributed by atoms with Crippen LogP contribution in [0, 0.1) is 0 Å². The molecule has 1 N–H and O–H groups in total. The lowest BCUT2D eigenvalue weighted by molar-refractivity contribution is -0.197. The quantitative estimate of drug-likeness (QED) is 0.345. The molecular formula is C18H25NO4. The minimum absolute atomic E-state index is 0.265. The second-order valence-electron chi connectivity index (χ2n) is 5.37. The van der Waals surface area contributed by atoms with Gasteiger partial charge in [0.2, 0.25) is 6.29 Å². The molecule has 1 atom stereocenters. The van der Waals surface area contributed by atoms with Crippen LogP contribution in [0.5, 0.6) is 0 Å². The smallest absolute Gasteiger partial charge is 0.307 e. The molecule has 0 fully saturated rings. The van der Waals surface area contributed by atoms with Crippen molar-refractivity contribution < 1.29 is 19.2 Å². The fraction of sp³-hybridized carbons (Fsp3) is 0.444. The van der Waals surface area contributed by atoms with Crippen LogP contribution in [0.25, 0.3) is 0 Å². The van der Waals surface area contributed by atoms with Crippen molar-refractivity contribution >= 4 is 11.9 Å². The van der Waals surface area contributed by atoms with Gasteiger partial charge in [0.15, 0.2) is 0 Å². The normalized spacial score (nSPS) is 11.5. The van der Waals surface area contributed by atoms with E-state index in [-0.39, 0.29) is 18.3 Å². The Labute approximate surface area is 137 Å². The van der Waals surface area contributed by atoms with Crippen molar-refractivity contribution in [3.63, 3.8) is 0 Å². The highest BCUT2D eigenvalue weighted by Crippen LogP contribution is 2.13. The van der Waals surface area contributed by atoms with Crippen molar-refractivity contribution in [2.24, 2.45) is 0 Å². The lowest BCUT2D eigenvalue weighted by Crippen LogP contribution is -2.33. The zero-order chi connectivity index (χ0) is 17.2. The average molecular weight is 319 g/mol. The van der Waals surface area contributed by atoms with Crippen LogP contribution in [0.4, 0.5) is 0 Å². The van der Waals surface area contributed by atoms with Gasteiger partial charge in [0.1, 0.15) is 0 Å². The number of hydroxylamine groups is 1. The van der Waals surface area contributed by atoms with Crippen LogP contribution in [-0.4, -0.2) is 18.2 Å². The molecule has 0 radical (unpaired) electrons. The molecule has 126 valence electrons. The minimum Gasteiger partial charge on any atom is -0.434 e. The fourth-order valence-corrected chi connectivity index (χ4v) is 1.89. The van der Waals surface area contributed by atoms with Gasteiger partial charge in [-0.25, -0.2) is 10.3 Å². The molecule has 0 aliphatic rings. The molecule has 0 heterocycles. The van der Waals surface area contributed by atoms with Crippen LogP contribution in [0.2, 0.25) is 0 Å². The molecule has 0 aromatic heterocycles. The van der Waals surface area contributed by atoms with E-state index in [0.717, 1.165) is 11.1 Å². The molecule has 0 bridgehead atoms. The van der Waals surface area contributed by atoms with Gasteiger partial charge in [0.05, 0.1) is 0 Å². The van der Waals surface area contributed by atoms with Crippen molar-refractivity contribution in [1.82, 2.24) is 5.48 Å². The van der Waals surface area contributed by atoms with Crippen LogP contribution in [0.1, 0.15) is 46.1 Å². The van der Waals surface area contributed by atoms with Gasteiger partial charge in [-0.1, -0.05) is 49.8 Å². The maximum Gasteiger partial charge on any atom is 0.307 e. The second kappa shape index (κ2) is 9.79. The molecule has 1 unspecified atom stereocenters. The maximum absolute atomic E-state index is 12.3. The third kappa shape index (κ3) is 6.65. The molecule has 1 rings (SSSR count). The molecule has 0 spiro atoms.